The molecule has 7 heteroatoms. The predicted octanol–water partition coefficient (Wildman–Crippen LogP) is 3.09. The van der Waals surface area contributed by atoms with Crippen molar-refractivity contribution in [2.75, 3.05) is 0 Å². The molecule has 0 saturated heterocycles. The smallest absolute Gasteiger partial charge is 0.253 e. The van der Waals surface area contributed by atoms with Gasteiger partial charge >= 0.3 is 0 Å². The molecule has 6 nitrogen and oxygen atoms in total. The molecule has 0 atom stereocenters. The van der Waals surface area contributed by atoms with E-state index in [9.17, 15) is 9.59 Å². The summed E-state index contributed by atoms with van der Waals surface area (Å²) in [5, 5.41) is 6.28. The van der Waals surface area contributed by atoms with Crippen LogP contribution in [0.4, 0.5) is 0 Å². The van der Waals surface area contributed by atoms with Crippen molar-refractivity contribution in [3.05, 3.63) is 82.9 Å². The predicted molar refractivity (Wildman–Crippen MR) is 104 cm³/mol. The molecule has 2 aromatic carbocycles. The third-order valence-corrected chi connectivity index (χ3v) is 4.20. The highest BCUT2D eigenvalue weighted by Gasteiger charge is 2.13. The van der Waals surface area contributed by atoms with Gasteiger partial charge < -0.3 is 15.2 Å². The summed E-state index contributed by atoms with van der Waals surface area (Å²) in [7, 11) is 0. The Bertz CT molecular complexity index is 951. The molecule has 3 rings (SSSR count). The van der Waals surface area contributed by atoms with E-state index in [2.05, 4.69) is 15.6 Å². The number of halogens is 1. The summed E-state index contributed by atoms with van der Waals surface area (Å²) in [5.41, 5.74) is 2.93. The molecular weight excluding hydrogens is 364 g/mol. The second-order valence-corrected chi connectivity index (χ2v) is 6.44. The summed E-state index contributed by atoms with van der Waals surface area (Å²) in [6, 6.07) is 14.6. The quantitative estimate of drug-likeness (QED) is 0.687. The van der Waals surface area contributed by atoms with Crippen molar-refractivity contribution in [1.29, 1.82) is 0 Å². The number of nitrogens with one attached hydrogen (secondary N) is 2. The summed E-state index contributed by atoms with van der Waals surface area (Å²) >= 11 is 5.88. The van der Waals surface area contributed by atoms with Crippen molar-refractivity contribution in [1.82, 2.24) is 20.2 Å². The highest BCUT2D eigenvalue weighted by Crippen LogP contribution is 2.16. The molecule has 0 spiro atoms. The molecule has 0 aliphatic carbocycles. The van der Waals surface area contributed by atoms with Gasteiger partial charge in [-0.25, -0.2) is 4.98 Å². The summed E-state index contributed by atoms with van der Waals surface area (Å²) in [5.74, 6) is -0.302. The van der Waals surface area contributed by atoms with Crippen molar-refractivity contribution in [2.45, 2.75) is 20.0 Å². The zero-order chi connectivity index (χ0) is 19.2. The van der Waals surface area contributed by atoms with Gasteiger partial charge in [0.25, 0.3) is 5.91 Å². The monoisotopic (exact) mass is 382 g/mol. The molecule has 0 unspecified atom stereocenters. The van der Waals surface area contributed by atoms with Crippen molar-refractivity contribution < 1.29 is 9.59 Å². The Kier molecular flexibility index (Phi) is 5.88. The van der Waals surface area contributed by atoms with Crippen LogP contribution < -0.4 is 10.6 Å². The van der Waals surface area contributed by atoms with Crippen LogP contribution in [0.5, 0.6) is 0 Å². The Morgan fingerprint density at radius 1 is 1.04 bits per heavy atom. The number of aromatic nitrogens is 2. The molecule has 3 aromatic rings. The third kappa shape index (κ3) is 4.95. The second kappa shape index (κ2) is 8.51. The molecule has 0 aliphatic rings. The maximum Gasteiger partial charge on any atom is 0.253 e. The highest BCUT2D eigenvalue weighted by molar-refractivity contribution is 6.30. The number of carbonyl (C=O) groups is 2. The van der Waals surface area contributed by atoms with Gasteiger partial charge in [-0.1, -0.05) is 35.9 Å². The number of hydrogen-bond donors (Lipinski definition) is 2. The molecule has 0 fully saturated rings. The molecule has 1 aromatic heterocycles. The first-order valence-electron chi connectivity index (χ1n) is 8.42. The van der Waals surface area contributed by atoms with E-state index in [1.165, 1.54) is 6.92 Å². The molecule has 0 radical (unpaired) electrons. The van der Waals surface area contributed by atoms with E-state index in [4.69, 9.17) is 11.6 Å². The third-order valence-electron chi connectivity index (χ3n) is 3.95. The number of imidazole rings is 1. The van der Waals surface area contributed by atoms with E-state index in [0.717, 1.165) is 5.56 Å². The van der Waals surface area contributed by atoms with Gasteiger partial charge in [-0.05, 0) is 29.8 Å². The lowest BCUT2D eigenvalue weighted by molar-refractivity contribution is -0.119. The van der Waals surface area contributed by atoms with Crippen LogP contribution in [0, 0.1) is 0 Å². The summed E-state index contributed by atoms with van der Waals surface area (Å²) in [6.07, 6.45) is 3.42. The van der Waals surface area contributed by atoms with Gasteiger partial charge in [0.05, 0.1) is 29.8 Å². The summed E-state index contributed by atoms with van der Waals surface area (Å²) in [4.78, 5) is 28.0. The molecule has 0 saturated carbocycles. The van der Waals surface area contributed by atoms with Gasteiger partial charge in [0.2, 0.25) is 5.91 Å². The lowest BCUT2D eigenvalue weighted by Gasteiger charge is -2.11. The van der Waals surface area contributed by atoms with Crippen LogP contribution >= 0.6 is 11.6 Å². The van der Waals surface area contributed by atoms with E-state index < -0.39 is 0 Å². The minimum absolute atomic E-state index is 0.119. The maximum absolute atomic E-state index is 12.7. The minimum atomic E-state index is -0.183. The molecule has 2 N–H and O–H groups in total. The van der Waals surface area contributed by atoms with Crippen LogP contribution in [-0.2, 0) is 17.9 Å². The van der Waals surface area contributed by atoms with Gasteiger partial charge in [0, 0.05) is 24.7 Å². The summed E-state index contributed by atoms with van der Waals surface area (Å²) in [6.45, 7) is 2.20. The molecule has 0 bridgehead atoms. The number of nitrogens with zero attached hydrogens (tertiary/aromatic N) is 2. The Balaban J connectivity index is 1.74. The normalized spacial score (nSPS) is 10.4. The molecule has 2 amide bonds. The lowest BCUT2D eigenvalue weighted by atomic mass is 10.1. The first kappa shape index (κ1) is 18.7. The van der Waals surface area contributed by atoms with E-state index >= 15 is 0 Å². The van der Waals surface area contributed by atoms with E-state index in [1.54, 1.807) is 35.3 Å². The average molecular weight is 383 g/mol. The van der Waals surface area contributed by atoms with Gasteiger partial charge in [0.1, 0.15) is 0 Å². The maximum atomic E-state index is 12.7. The number of benzene rings is 2. The topological polar surface area (TPSA) is 76.0 Å². The fourth-order valence-corrected chi connectivity index (χ4v) is 2.70. The highest BCUT2D eigenvalue weighted by atomic mass is 35.5. The van der Waals surface area contributed by atoms with Gasteiger partial charge in [-0.15, -0.1) is 0 Å². The first-order chi connectivity index (χ1) is 13.0. The van der Waals surface area contributed by atoms with Crippen LogP contribution in [0.25, 0.3) is 5.69 Å². The Morgan fingerprint density at radius 3 is 2.52 bits per heavy atom. The fraction of sp³-hybridized carbons (Fsp3) is 0.150. The molecular formula is C20H19ClN4O2. The molecule has 1 heterocycles. The lowest BCUT2D eigenvalue weighted by Crippen LogP contribution is -2.24. The van der Waals surface area contributed by atoms with E-state index in [1.807, 2.05) is 30.3 Å². The van der Waals surface area contributed by atoms with Crippen LogP contribution in [0.15, 0.2) is 61.1 Å². The zero-order valence-electron chi connectivity index (χ0n) is 14.8. The van der Waals surface area contributed by atoms with Crippen molar-refractivity contribution in [2.24, 2.45) is 0 Å². The Labute approximate surface area is 162 Å². The van der Waals surface area contributed by atoms with Crippen LogP contribution in [-0.4, -0.2) is 21.4 Å². The Morgan fingerprint density at radius 2 is 1.78 bits per heavy atom. The minimum Gasteiger partial charge on any atom is -0.351 e. The molecule has 27 heavy (non-hydrogen) atoms. The number of rotatable bonds is 6. The van der Waals surface area contributed by atoms with Gasteiger partial charge in [-0.3, -0.25) is 9.59 Å². The SMILES string of the molecule is CC(=O)NCc1cn(-c2ccccc2C(=O)NCc2ccc(Cl)cc2)cn1. The first-order valence-corrected chi connectivity index (χ1v) is 8.80. The zero-order valence-corrected chi connectivity index (χ0v) is 15.5. The second-order valence-electron chi connectivity index (χ2n) is 6.01. The number of hydrogen-bond acceptors (Lipinski definition) is 3. The van der Waals surface area contributed by atoms with Gasteiger partial charge in [-0.2, -0.15) is 0 Å². The van der Waals surface area contributed by atoms with Crippen LogP contribution in [0.2, 0.25) is 5.02 Å². The summed E-state index contributed by atoms with van der Waals surface area (Å²) < 4.78 is 1.77. The number of carbonyl (C=O) groups excluding carboxylic acids is 2. The largest absolute Gasteiger partial charge is 0.351 e. The standard InChI is InChI=1S/C20H19ClN4O2/c1-14(26)22-11-17-12-25(13-24-17)19-5-3-2-4-18(19)20(27)23-10-15-6-8-16(21)9-7-15/h2-9,12-13H,10-11H2,1H3,(H,22,26)(H,23,27). The van der Waals surface area contributed by atoms with E-state index in [0.29, 0.717) is 35.1 Å². The fourth-order valence-electron chi connectivity index (χ4n) is 2.57. The average Bonchev–Trinajstić information content (AvgIpc) is 3.14. The van der Waals surface area contributed by atoms with Crippen LogP contribution in [0.3, 0.4) is 0 Å². The number of amides is 2. The van der Waals surface area contributed by atoms with Crippen molar-refractivity contribution in [3.63, 3.8) is 0 Å². The molecule has 0 aliphatic heterocycles. The number of para-hydroxylation sites is 1. The van der Waals surface area contributed by atoms with E-state index in [-0.39, 0.29) is 11.8 Å². The van der Waals surface area contributed by atoms with Crippen LogP contribution in [0.1, 0.15) is 28.5 Å². The van der Waals surface area contributed by atoms with Crippen molar-refractivity contribution >= 4 is 23.4 Å². The Hall–Kier alpha value is -3.12. The van der Waals surface area contributed by atoms with Gasteiger partial charge in [0.15, 0.2) is 0 Å². The molecule has 138 valence electrons. The van der Waals surface area contributed by atoms with Crippen molar-refractivity contribution in [3.8, 4) is 5.69 Å².